The molecule has 1 aromatic heterocycles. The molecular weight excluding hydrogens is 286 g/mol. The van der Waals surface area contributed by atoms with Crippen molar-refractivity contribution >= 4 is 17.3 Å². The fraction of sp³-hybridized carbons (Fsp3) is 0.375. The Bertz CT molecular complexity index is 573. The summed E-state index contributed by atoms with van der Waals surface area (Å²) in [4.78, 5) is 4.79. The number of piperazine rings is 1. The summed E-state index contributed by atoms with van der Waals surface area (Å²) in [5.41, 5.74) is 8.06. The van der Waals surface area contributed by atoms with E-state index >= 15 is 0 Å². The van der Waals surface area contributed by atoms with Gasteiger partial charge >= 0.3 is 0 Å². The topological polar surface area (TPSA) is 45.6 Å². The first-order chi connectivity index (χ1) is 10.3. The van der Waals surface area contributed by atoms with Crippen molar-refractivity contribution in [1.82, 2.24) is 4.90 Å². The molecule has 0 saturated carbocycles. The largest absolute Gasteiger partial charge is 0.468 e. The SMILES string of the molecule is NCc1ccoc1CN1CCN(c2ccc(Cl)cc2)CC1. The van der Waals surface area contributed by atoms with Gasteiger partial charge in [0.15, 0.2) is 0 Å². The highest BCUT2D eigenvalue weighted by molar-refractivity contribution is 6.30. The molecule has 0 atom stereocenters. The number of nitrogens with two attached hydrogens (primary N) is 1. The van der Waals surface area contributed by atoms with Gasteiger partial charge in [-0.3, -0.25) is 4.90 Å². The third-order valence-electron chi connectivity index (χ3n) is 3.99. The smallest absolute Gasteiger partial charge is 0.122 e. The lowest BCUT2D eigenvalue weighted by Crippen LogP contribution is -2.46. The van der Waals surface area contributed by atoms with Crippen molar-refractivity contribution < 1.29 is 4.42 Å². The second-order valence-electron chi connectivity index (χ2n) is 5.31. The van der Waals surface area contributed by atoms with Crippen LogP contribution in [-0.2, 0) is 13.1 Å². The third-order valence-corrected chi connectivity index (χ3v) is 4.24. The van der Waals surface area contributed by atoms with Crippen LogP contribution in [0.2, 0.25) is 5.02 Å². The number of hydrogen-bond donors (Lipinski definition) is 1. The monoisotopic (exact) mass is 305 g/mol. The van der Waals surface area contributed by atoms with E-state index in [4.69, 9.17) is 21.8 Å². The van der Waals surface area contributed by atoms with Crippen molar-refractivity contribution in [3.63, 3.8) is 0 Å². The molecule has 0 aliphatic carbocycles. The molecule has 1 aromatic carbocycles. The van der Waals surface area contributed by atoms with Crippen LogP contribution >= 0.6 is 11.6 Å². The molecule has 1 aliphatic heterocycles. The van der Waals surface area contributed by atoms with Gasteiger partial charge in [-0.05, 0) is 30.3 Å². The summed E-state index contributed by atoms with van der Waals surface area (Å²) in [6.07, 6.45) is 1.72. The van der Waals surface area contributed by atoms with Crippen LogP contribution in [0.3, 0.4) is 0 Å². The van der Waals surface area contributed by atoms with E-state index < -0.39 is 0 Å². The van der Waals surface area contributed by atoms with Gasteiger partial charge in [-0.15, -0.1) is 0 Å². The Balaban J connectivity index is 1.56. The highest BCUT2D eigenvalue weighted by Crippen LogP contribution is 2.20. The highest BCUT2D eigenvalue weighted by Gasteiger charge is 2.19. The molecule has 1 fully saturated rings. The van der Waals surface area contributed by atoms with Gasteiger partial charge in [-0.2, -0.15) is 0 Å². The number of halogens is 1. The Morgan fingerprint density at radius 2 is 1.76 bits per heavy atom. The summed E-state index contributed by atoms with van der Waals surface area (Å²) in [6, 6.07) is 10.0. The van der Waals surface area contributed by atoms with Gasteiger partial charge in [0.25, 0.3) is 0 Å². The van der Waals surface area contributed by atoms with Crippen molar-refractivity contribution in [2.24, 2.45) is 5.73 Å². The van der Waals surface area contributed by atoms with Gasteiger partial charge in [-0.1, -0.05) is 11.6 Å². The van der Waals surface area contributed by atoms with E-state index in [1.54, 1.807) is 6.26 Å². The predicted molar refractivity (Wildman–Crippen MR) is 85.5 cm³/mol. The zero-order valence-electron chi connectivity index (χ0n) is 12.0. The first-order valence-electron chi connectivity index (χ1n) is 7.24. The standard InChI is InChI=1S/C16H20ClN3O/c17-14-1-3-15(4-2-14)20-8-6-19(7-9-20)12-16-13(11-18)5-10-21-16/h1-5,10H,6-9,11-12,18H2. The second-order valence-corrected chi connectivity index (χ2v) is 5.75. The van der Waals surface area contributed by atoms with Crippen LogP contribution in [0.25, 0.3) is 0 Å². The molecule has 4 nitrogen and oxygen atoms in total. The van der Waals surface area contributed by atoms with Crippen molar-refractivity contribution in [3.05, 3.63) is 52.9 Å². The Morgan fingerprint density at radius 1 is 1.05 bits per heavy atom. The van der Waals surface area contributed by atoms with E-state index in [-0.39, 0.29) is 0 Å². The molecule has 1 saturated heterocycles. The fourth-order valence-corrected chi connectivity index (χ4v) is 2.83. The number of rotatable bonds is 4. The lowest BCUT2D eigenvalue weighted by molar-refractivity contribution is 0.229. The lowest BCUT2D eigenvalue weighted by Gasteiger charge is -2.35. The molecule has 5 heteroatoms. The Hall–Kier alpha value is -1.49. The number of benzene rings is 1. The predicted octanol–water partition coefficient (Wildman–Crippen LogP) is 2.71. The molecule has 0 amide bonds. The van der Waals surface area contributed by atoms with Crippen LogP contribution in [0.1, 0.15) is 11.3 Å². The zero-order chi connectivity index (χ0) is 14.7. The van der Waals surface area contributed by atoms with Crippen molar-refractivity contribution in [2.75, 3.05) is 31.1 Å². The van der Waals surface area contributed by atoms with Crippen molar-refractivity contribution in [1.29, 1.82) is 0 Å². The highest BCUT2D eigenvalue weighted by atomic mass is 35.5. The van der Waals surface area contributed by atoms with Crippen LogP contribution < -0.4 is 10.6 Å². The van der Waals surface area contributed by atoms with Gasteiger partial charge in [0, 0.05) is 49.0 Å². The quantitative estimate of drug-likeness (QED) is 0.943. The van der Waals surface area contributed by atoms with Crippen LogP contribution in [0.4, 0.5) is 5.69 Å². The van der Waals surface area contributed by atoms with Gasteiger partial charge < -0.3 is 15.1 Å². The molecule has 2 N–H and O–H groups in total. The maximum atomic E-state index is 5.93. The van der Waals surface area contributed by atoms with E-state index in [9.17, 15) is 0 Å². The zero-order valence-corrected chi connectivity index (χ0v) is 12.7. The molecule has 0 unspecified atom stereocenters. The number of furan rings is 1. The van der Waals surface area contributed by atoms with E-state index in [0.717, 1.165) is 49.1 Å². The third kappa shape index (κ3) is 3.40. The van der Waals surface area contributed by atoms with Crippen molar-refractivity contribution in [2.45, 2.75) is 13.1 Å². The lowest BCUT2D eigenvalue weighted by atomic mass is 10.2. The molecule has 1 aliphatic rings. The maximum absolute atomic E-state index is 5.93. The summed E-state index contributed by atoms with van der Waals surface area (Å²) in [5.74, 6) is 0.998. The Morgan fingerprint density at radius 3 is 2.43 bits per heavy atom. The van der Waals surface area contributed by atoms with Crippen LogP contribution in [0, 0.1) is 0 Å². The van der Waals surface area contributed by atoms with Crippen LogP contribution in [0.5, 0.6) is 0 Å². The van der Waals surface area contributed by atoms with E-state index in [1.807, 2.05) is 18.2 Å². The Kier molecular flexibility index (Phi) is 4.48. The molecule has 2 heterocycles. The van der Waals surface area contributed by atoms with Crippen LogP contribution in [-0.4, -0.2) is 31.1 Å². The summed E-state index contributed by atoms with van der Waals surface area (Å²) >= 11 is 5.93. The number of hydrogen-bond acceptors (Lipinski definition) is 4. The van der Waals surface area contributed by atoms with E-state index in [1.165, 1.54) is 5.69 Å². The van der Waals surface area contributed by atoms with Gasteiger partial charge in [0.2, 0.25) is 0 Å². The minimum absolute atomic E-state index is 0.538. The van der Waals surface area contributed by atoms with Crippen LogP contribution in [0.15, 0.2) is 41.0 Å². The molecule has 0 spiro atoms. The molecular formula is C16H20ClN3O. The van der Waals surface area contributed by atoms with Gasteiger partial charge in [-0.25, -0.2) is 0 Å². The molecule has 3 rings (SSSR count). The second kappa shape index (κ2) is 6.52. The van der Waals surface area contributed by atoms with Gasteiger partial charge in [0.05, 0.1) is 12.8 Å². The average Bonchev–Trinajstić information content (AvgIpc) is 2.96. The normalized spacial score (nSPS) is 16.4. The summed E-state index contributed by atoms with van der Waals surface area (Å²) < 4.78 is 5.53. The van der Waals surface area contributed by atoms with E-state index in [2.05, 4.69) is 21.9 Å². The first-order valence-corrected chi connectivity index (χ1v) is 7.62. The maximum Gasteiger partial charge on any atom is 0.122 e. The number of anilines is 1. The summed E-state index contributed by atoms with van der Waals surface area (Å²) in [7, 11) is 0. The summed E-state index contributed by atoms with van der Waals surface area (Å²) in [5, 5.41) is 0.782. The van der Waals surface area contributed by atoms with E-state index in [0.29, 0.717) is 6.54 Å². The number of nitrogens with zero attached hydrogens (tertiary/aromatic N) is 2. The first kappa shape index (κ1) is 14.4. The van der Waals surface area contributed by atoms with Crippen molar-refractivity contribution in [3.8, 4) is 0 Å². The van der Waals surface area contributed by atoms with Gasteiger partial charge in [0.1, 0.15) is 5.76 Å². The fourth-order valence-electron chi connectivity index (χ4n) is 2.71. The molecule has 0 radical (unpaired) electrons. The molecule has 21 heavy (non-hydrogen) atoms. The molecule has 112 valence electrons. The Labute approximate surface area is 130 Å². The summed E-state index contributed by atoms with van der Waals surface area (Å²) in [6.45, 7) is 5.45. The minimum Gasteiger partial charge on any atom is -0.468 e. The average molecular weight is 306 g/mol. The molecule has 0 bridgehead atoms. The molecule has 2 aromatic rings. The minimum atomic E-state index is 0.538.